The van der Waals surface area contributed by atoms with Crippen LogP contribution in [0.15, 0.2) is 93.3 Å². The van der Waals surface area contributed by atoms with Crippen molar-refractivity contribution < 1.29 is 0 Å². The van der Waals surface area contributed by atoms with Crippen molar-refractivity contribution in [2.45, 2.75) is 23.0 Å². The van der Waals surface area contributed by atoms with E-state index in [0.717, 1.165) is 34.4 Å². The van der Waals surface area contributed by atoms with E-state index in [-0.39, 0.29) is 0 Å². The first-order valence-electron chi connectivity index (χ1n) is 14.1. The minimum absolute atomic E-state index is 0.884. The largest absolute Gasteiger partial charge is 0.256 e. The Bertz CT molecular complexity index is 1610. The highest BCUT2D eigenvalue weighted by atomic mass is 32.3. The minimum atomic E-state index is 0.884. The van der Waals surface area contributed by atoms with Gasteiger partial charge in [0.2, 0.25) is 0 Å². The number of aromatic nitrogens is 1. The van der Waals surface area contributed by atoms with Crippen LogP contribution in [0.25, 0.3) is 0 Å². The highest BCUT2D eigenvalue weighted by Gasteiger charge is 2.32. The Morgan fingerprint density at radius 1 is 0.396 bits per heavy atom. The Hall–Kier alpha value is 2.41. The van der Waals surface area contributed by atoms with Crippen LogP contribution in [-0.2, 0) is 23.0 Å². The molecule has 0 atom stereocenters. The second-order valence-electron chi connectivity index (χ2n) is 9.67. The average Bonchev–Trinajstić information content (AvgIpc) is 3.92. The molecule has 2 aromatic rings. The summed E-state index contributed by atoms with van der Waals surface area (Å²) in [6.07, 6.45) is 8.78. The summed E-state index contributed by atoms with van der Waals surface area (Å²) >= 11 is 31.1. The number of thioether (sulfide) groups is 16. The van der Waals surface area contributed by atoms with E-state index in [1.54, 1.807) is 0 Å². The number of hydrogen-bond donors (Lipinski definition) is 0. The molecule has 0 unspecified atom stereocenters. The molecule has 0 spiro atoms. The van der Waals surface area contributed by atoms with Crippen LogP contribution in [0.5, 0.6) is 0 Å². The second kappa shape index (κ2) is 18.8. The van der Waals surface area contributed by atoms with Crippen molar-refractivity contribution in [3.8, 4) is 0 Å². The summed E-state index contributed by atoms with van der Waals surface area (Å²) in [7, 11) is 0. The summed E-state index contributed by atoms with van der Waals surface area (Å²) in [5.41, 5.74) is 5.09. The zero-order valence-electron chi connectivity index (χ0n) is 25.8. The molecule has 6 aliphatic rings. The Labute approximate surface area is 352 Å². The van der Waals surface area contributed by atoms with Gasteiger partial charge >= 0.3 is 0 Å². The van der Waals surface area contributed by atoms with Crippen molar-refractivity contribution in [1.29, 1.82) is 0 Å². The van der Waals surface area contributed by atoms with Gasteiger partial charge in [-0.25, -0.2) is 0 Å². The van der Waals surface area contributed by atoms with E-state index in [4.69, 9.17) is 4.98 Å². The Morgan fingerprint density at radius 2 is 0.708 bits per heavy atom. The van der Waals surface area contributed by atoms with Crippen LogP contribution < -0.4 is 0 Å². The average molecular weight is 927 g/mol. The fourth-order valence-corrected chi connectivity index (χ4v) is 26.3. The van der Waals surface area contributed by atoms with Gasteiger partial charge in [0.25, 0.3) is 0 Å². The molecule has 252 valence electrons. The van der Waals surface area contributed by atoms with Gasteiger partial charge in [0.1, 0.15) is 0 Å². The fraction of sp³-hybridized carbons (Fsp3) is 0.258. The molecule has 0 N–H and O–H groups in total. The van der Waals surface area contributed by atoms with Crippen molar-refractivity contribution in [1.82, 2.24) is 4.98 Å². The Kier molecular flexibility index (Phi) is 15.2. The van der Waals surface area contributed by atoms with Gasteiger partial charge in [0, 0.05) is 23.0 Å². The molecule has 0 amide bonds. The van der Waals surface area contributed by atoms with E-state index < -0.39 is 0 Å². The summed E-state index contributed by atoms with van der Waals surface area (Å²) in [6.45, 7) is 0. The highest BCUT2D eigenvalue weighted by molar-refractivity contribution is 8.46. The Balaban J connectivity index is 1.12. The van der Waals surface area contributed by atoms with E-state index in [1.807, 2.05) is 188 Å². The monoisotopic (exact) mass is 925 g/mol. The van der Waals surface area contributed by atoms with Gasteiger partial charge < -0.3 is 0 Å². The highest BCUT2D eigenvalue weighted by Crippen LogP contribution is 2.67. The van der Waals surface area contributed by atoms with Crippen LogP contribution >= 0.6 is 188 Å². The molecule has 0 fully saturated rings. The molecule has 1 aromatic heterocycles. The second-order valence-corrected chi connectivity index (χ2v) is 28.1. The number of nitrogens with zero attached hydrogens (tertiary/aromatic N) is 1. The molecule has 0 saturated carbocycles. The quantitative estimate of drug-likeness (QED) is 0.289. The normalized spacial score (nSPS) is 21.1. The van der Waals surface area contributed by atoms with Crippen LogP contribution in [0.3, 0.4) is 0 Å². The third-order valence-electron chi connectivity index (χ3n) is 6.55. The van der Waals surface area contributed by atoms with Gasteiger partial charge in [-0.2, -0.15) is 0 Å². The van der Waals surface area contributed by atoms with E-state index in [0.29, 0.717) is 0 Å². The van der Waals surface area contributed by atoms with Crippen molar-refractivity contribution >= 4 is 188 Å². The molecule has 1 nitrogen and oxygen atoms in total. The van der Waals surface area contributed by atoms with Gasteiger partial charge in [-0.15, -0.1) is 94.1 Å². The third-order valence-corrected chi connectivity index (χ3v) is 29.3. The third kappa shape index (κ3) is 9.61. The van der Waals surface area contributed by atoms with Gasteiger partial charge in [0.05, 0.1) is 62.2 Å². The molecule has 0 radical (unpaired) electrons. The first kappa shape index (κ1) is 38.7. The fourth-order valence-electron chi connectivity index (χ4n) is 4.28. The lowest BCUT2D eigenvalue weighted by atomic mass is 10.2. The van der Waals surface area contributed by atoms with E-state index in [2.05, 4.69) is 67.5 Å². The Morgan fingerprint density at radius 3 is 1.04 bits per heavy atom. The summed E-state index contributed by atoms with van der Waals surface area (Å²) < 4.78 is 17.2. The first-order valence-corrected chi connectivity index (χ1v) is 29.5. The summed E-state index contributed by atoms with van der Waals surface area (Å²) in [4.78, 5) is 5.16. The van der Waals surface area contributed by atoms with Crippen molar-refractivity contribution in [2.24, 2.45) is 0 Å². The van der Waals surface area contributed by atoms with Gasteiger partial charge in [0.15, 0.2) is 0 Å². The zero-order chi connectivity index (χ0) is 33.0. The van der Waals surface area contributed by atoms with Crippen LogP contribution in [0, 0.1) is 0 Å². The van der Waals surface area contributed by atoms with Crippen LogP contribution in [0.4, 0.5) is 0 Å². The van der Waals surface area contributed by atoms with E-state index in [9.17, 15) is 0 Å². The molecule has 0 aliphatic carbocycles. The van der Waals surface area contributed by atoms with Crippen molar-refractivity contribution in [3.63, 3.8) is 0 Å². The molecule has 4 bridgehead atoms. The number of fused-ring (bicyclic) bond motifs is 6. The minimum Gasteiger partial charge on any atom is -0.256 e. The lowest BCUT2D eigenvalue weighted by Gasteiger charge is -2.07. The predicted octanol–water partition coefficient (Wildman–Crippen LogP) is 15.9. The van der Waals surface area contributed by atoms with Gasteiger partial charge in [-0.1, -0.05) is 124 Å². The van der Waals surface area contributed by atoms with Gasteiger partial charge in [-0.05, 0) is 48.3 Å². The van der Waals surface area contributed by atoms with E-state index >= 15 is 0 Å². The molecule has 0 saturated heterocycles. The number of pyridine rings is 1. The molecule has 1 aromatic carbocycles. The topological polar surface area (TPSA) is 12.9 Å². The molecule has 7 heterocycles. The van der Waals surface area contributed by atoms with Crippen LogP contribution in [-0.4, -0.2) is 30.0 Å². The smallest absolute Gasteiger partial charge is 0.0717 e. The number of rotatable bonds is 4. The standard InChI is InChI=1S/C31H27NS16/c1-33-20-21(34-2)42-28(41-20)30-45-24-26(47-30)39-14-18-6-5-7-19(32-18)15-40-27-25(38-13-17-10-8-16(9-11-17)12-37-24)46-31(48-27)29-43-22(35-3)23(36-4)44-29/h5-11H,12-15H2,1-4H3. The maximum absolute atomic E-state index is 5.16. The van der Waals surface area contributed by atoms with Crippen LogP contribution in [0.1, 0.15) is 22.5 Å². The van der Waals surface area contributed by atoms with Gasteiger partial charge in [-0.3, -0.25) is 4.98 Å². The SMILES string of the molecule is CSC1=C(SC)SC(=C2SC3=C(SCc4cccc(n4)CSC4=C(SCc5ccc(cc5)CS3)SC(=C3SC(SC)=C(SC)S3)S4)S2)S1. The molecule has 6 aliphatic heterocycles. The first-order chi connectivity index (χ1) is 23.5. The lowest BCUT2D eigenvalue weighted by Crippen LogP contribution is -1.92. The van der Waals surface area contributed by atoms with Crippen molar-refractivity contribution in [3.05, 3.63) is 116 Å². The van der Waals surface area contributed by atoms with Crippen molar-refractivity contribution in [2.75, 3.05) is 25.0 Å². The number of hydrogen-bond acceptors (Lipinski definition) is 17. The number of benzene rings is 1. The lowest BCUT2D eigenvalue weighted by molar-refractivity contribution is 1.09. The molecule has 8 rings (SSSR count). The molecular formula is C31H27NS16. The summed E-state index contributed by atoms with van der Waals surface area (Å²) in [6, 6.07) is 16.0. The summed E-state index contributed by atoms with van der Waals surface area (Å²) in [5.74, 6) is 3.73. The van der Waals surface area contributed by atoms with Crippen LogP contribution in [0.2, 0.25) is 0 Å². The maximum Gasteiger partial charge on any atom is 0.0717 e. The zero-order valence-corrected chi connectivity index (χ0v) is 38.9. The molecular weight excluding hydrogens is 899 g/mol. The predicted molar refractivity (Wildman–Crippen MR) is 253 cm³/mol. The molecule has 17 heteroatoms. The molecule has 48 heavy (non-hydrogen) atoms. The van der Waals surface area contributed by atoms with E-state index in [1.165, 1.54) is 62.0 Å². The maximum atomic E-state index is 5.16. The summed E-state index contributed by atoms with van der Waals surface area (Å²) in [5, 5.41) is 0.